The second-order valence-electron chi connectivity index (χ2n) is 5.24. The lowest BCUT2D eigenvalue weighted by molar-refractivity contribution is -0.299. The van der Waals surface area contributed by atoms with Crippen LogP contribution < -0.4 is 10.4 Å². The first-order valence-electron chi connectivity index (χ1n) is 7.42. The monoisotopic (exact) mass is 316 g/mol. The van der Waals surface area contributed by atoms with Crippen molar-refractivity contribution in [3.8, 4) is 0 Å². The van der Waals surface area contributed by atoms with Crippen molar-refractivity contribution in [2.45, 2.75) is 0 Å². The molecule has 0 saturated heterocycles. The zero-order valence-corrected chi connectivity index (χ0v) is 12.7. The molecule has 0 radical (unpaired) electrons. The molecule has 0 heterocycles. The fourth-order valence-electron chi connectivity index (χ4n) is 2.48. The highest BCUT2D eigenvalue weighted by molar-refractivity contribution is 6.10. The minimum absolute atomic E-state index is 0.279. The Morgan fingerprint density at radius 3 is 2.25 bits per heavy atom. The van der Waals surface area contributed by atoms with Gasteiger partial charge in [0.15, 0.2) is 0 Å². The van der Waals surface area contributed by atoms with Crippen LogP contribution in [-0.4, -0.2) is 11.9 Å². The maximum atomic E-state index is 12.5. The third kappa shape index (κ3) is 3.33. The van der Waals surface area contributed by atoms with Gasteiger partial charge in [0.05, 0.1) is 11.7 Å². The number of rotatable bonds is 4. The summed E-state index contributed by atoms with van der Waals surface area (Å²) in [5, 5.41) is 15.4. The maximum absolute atomic E-state index is 12.5. The molecule has 24 heavy (non-hydrogen) atoms. The van der Waals surface area contributed by atoms with Gasteiger partial charge in [-0.25, -0.2) is 0 Å². The van der Waals surface area contributed by atoms with E-state index in [2.05, 4.69) is 5.32 Å². The van der Waals surface area contributed by atoms with Crippen molar-refractivity contribution in [3.63, 3.8) is 0 Å². The molecule has 0 saturated carbocycles. The van der Waals surface area contributed by atoms with Crippen molar-refractivity contribution >= 4 is 28.7 Å². The summed E-state index contributed by atoms with van der Waals surface area (Å²) >= 11 is 0. The predicted molar refractivity (Wildman–Crippen MR) is 90.8 cm³/mol. The number of benzene rings is 3. The van der Waals surface area contributed by atoms with E-state index in [9.17, 15) is 14.7 Å². The number of fused-ring (bicyclic) bond motifs is 1. The second kappa shape index (κ2) is 6.79. The van der Waals surface area contributed by atoms with E-state index >= 15 is 0 Å². The lowest BCUT2D eigenvalue weighted by atomic mass is 10.0. The Balaban J connectivity index is 1.94. The van der Waals surface area contributed by atoms with Crippen LogP contribution in [0.25, 0.3) is 16.8 Å². The first-order valence-corrected chi connectivity index (χ1v) is 7.42. The van der Waals surface area contributed by atoms with Crippen molar-refractivity contribution in [2.24, 2.45) is 0 Å². The van der Waals surface area contributed by atoms with E-state index < -0.39 is 11.9 Å². The summed E-state index contributed by atoms with van der Waals surface area (Å²) in [4.78, 5) is 23.9. The van der Waals surface area contributed by atoms with Gasteiger partial charge in [-0.05, 0) is 28.5 Å². The van der Waals surface area contributed by atoms with Gasteiger partial charge in [-0.1, -0.05) is 66.7 Å². The summed E-state index contributed by atoms with van der Waals surface area (Å²) in [5.74, 6) is -1.93. The van der Waals surface area contributed by atoms with Crippen LogP contribution in [0.5, 0.6) is 0 Å². The van der Waals surface area contributed by atoms with Crippen molar-refractivity contribution in [1.29, 1.82) is 0 Å². The number of carboxylic acids is 1. The maximum Gasteiger partial charge on any atom is 0.256 e. The molecule has 0 unspecified atom stereocenters. The quantitative estimate of drug-likeness (QED) is 0.751. The molecule has 0 aromatic heterocycles. The van der Waals surface area contributed by atoms with Crippen molar-refractivity contribution in [3.05, 3.63) is 89.6 Å². The highest BCUT2D eigenvalue weighted by Gasteiger charge is 2.11. The molecule has 1 amide bonds. The lowest BCUT2D eigenvalue weighted by Gasteiger charge is -2.12. The van der Waals surface area contributed by atoms with Crippen LogP contribution in [0.3, 0.4) is 0 Å². The fraction of sp³-hybridized carbons (Fsp3) is 0. The summed E-state index contributed by atoms with van der Waals surface area (Å²) in [6.07, 6.45) is 1.37. The molecule has 3 aromatic rings. The Morgan fingerprint density at radius 2 is 1.50 bits per heavy atom. The highest BCUT2D eigenvalue weighted by atomic mass is 16.4. The molecule has 4 heteroatoms. The molecule has 0 aliphatic rings. The lowest BCUT2D eigenvalue weighted by Crippen LogP contribution is -2.35. The SMILES string of the molecule is O=C([O-])/C(=C\c1ccccc1)NC(=O)c1cccc2ccccc12. The van der Waals surface area contributed by atoms with E-state index in [4.69, 9.17) is 0 Å². The highest BCUT2D eigenvalue weighted by Crippen LogP contribution is 2.18. The molecule has 118 valence electrons. The Hall–Kier alpha value is -3.40. The van der Waals surface area contributed by atoms with E-state index in [-0.39, 0.29) is 5.70 Å². The van der Waals surface area contributed by atoms with E-state index in [0.717, 1.165) is 10.8 Å². The molecule has 0 aliphatic carbocycles. The van der Waals surface area contributed by atoms with Gasteiger partial charge >= 0.3 is 0 Å². The number of carbonyl (C=O) groups excluding carboxylic acids is 2. The van der Waals surface area contributed by atoms with Gasteiger partial charge in [0, 0.05) is 5.56 Å². The van der Waals surface area contributed by atoms with Gasteiger partial charge in [0.2, 0.25) is 0 Å². The number of aliphatic carboxylic acids is 1. The van der Waals surface area contributed by atoms with Gasteiger partial charge in [-0.3, -0.25) is 4.79 Å². The molecule has 0 atom stereocenters. The molecule has 0 fully saturated rings. The molecule has 3 aromatic carbocycles. The molecule has 4 nitrogen and oxygen atoms in total. The normalized spacial score (nSPS) is 11.2. The summed E-state index contributed by atoms with van der Waals surface area (Å²) in [5.41, 5.74) is 0.794. The number of carbonyl (C=O) groups is 2. The van der Waals surface area contributed by atoms with Crippen LogP contribution in [0.15, 0.2) is 78.5 Å². The third-order valence-electron chi connectivity index (χ3n) is 3.61. The zero-order valence-electron chi connectivity index (χ0n) is 12.7. The molecule has 3 rings (SSSR count). The minimum Gasteiger partial charge on any atom is -0.543 e. The van der Waals surface area contributed by atoms with E-state index in [1.165, 1.54) is 6.08 Å². The Kier molecular flexibility index (Phi) is 4.38. The van der Waals surface area contributed by atoms with Crippen LogP contribution in [0.4, 0.5) is 0 Å². The van der Waals surface area contributed by atoms with Gasteiger partial charge in [-0.15, -0.1) is 0 Å². The molecule has 1 N–H and O–H groups in total. The molecule has 0 aliphatic heterocycles. The van der Waals surface area contributed by atoms with Crippen LogP contribution >= 0.6 is 0 Å². The predicted octanol–water partition coefficient (Wildman–Crippen LogP) is 2.36. The second-order valence-corrected chi connectivity index (χ2v) is 5.24. The van der Waals surface area contributed by atoms with Gasteiger partial charge in [0.25, 0.3) is 5.91 Å². The number of nitrogens with one attached hydrogen (secondary N) is 1. The zero-order chi connectivity index (χ0) is 16.9. The van der Waals surface area contributed by atoms with Crippen molar-refractivity contribution in [2.75, 3.05) is 0 Å². The van der Waals surface area contributed by atoms with Crippen LogP contribution in [-0.2, 0) is 4.79 Å². The van der Waals surface area contributed by atoms with Crippen molar-refractivity contribution in [1.82, 2.24) is 5.32 Å². The fourth-order valence-corrected chi connectivity index (χ4v) is 2.48. The average molecular weight is 316 g/mol. The third-order valence-corrected chi connectivity index (χ3v) is 3.61. The van der Waals surface area contributed by atoms with Crippen LogP contribution in [0.2, 0.25) is 0 Å². The van der Waals surface area contributed by atoms with E-state index in [1.807, 2.05) is 36.4 Å². The van der Waals surface area contributed by atoms with Gasteiger partial charge < -0.3 is 15.2 Å². The van der Waals surface area contributed by atoms with Gasteiger partial charge in [0.1, 0.15) is 0 Å². The average Bonchev–Trinajstić information content (AvgIpc) is 2.61. The molecule has 0 spiro atoms. The Bertz CT molecular complexity index is 925. The first-order chi connectivity index (χ1) is 11.6. The summed E-state index contributed by atoms with van der Waals surface area (Å²) in [6, 6.07) is 21.6. The molecule has 0 bridgehead atoms. The summed E-state index contributed by atoms with van der Waals surface area (Å²) in [6.45, 7) is 0. The minimum atomic E-state index is -1.44. The van der Waals surface area contributed by atoms with Gasteiger partial charge in [-0.2, -0.15) is 0 Å². The number of carboxylic acid groups (broad SMARTS) is 1. The Morgan fingerprint density at radius 1 is 0.833 bits per heavy atom. The standard InChI is InChI=1S/C20H15NO3/c22-19(17-12-6-10-15-9-4-5-11-16(15)17)21-18(20(23)24)13-14-7-2-1-3-8-14/h1-13H,(H,21,22)(H,23,24)/p-1/b18-13+. The smallest absolute Gasteiger partial charge is 0.256 e. The van der Waals surface area contributed by atoms with Crippen LogP contribution in [0.1, 0.15) is 15.9 Å². The van der Waals surface area contributed by atoms with Crippen LogP contribution in [0, 0.1) is 0 Å². The number of hydrogen-bond acceptors (Lipinski definition) is 3. The Labute approximate surface area is 139 Å². The molecular formula is C20H14NO3-. The largest absolute Gasteiger partial charge is 0.543 e. The molecular weight excluding hydrogens is 302 g/mol. The summed E-state index contributed by atoms with van der Waals surface area (Å²) in [7, 11) is 0. The van der Waals surface area contributed by atoms with E-state index in [0.29, 0.717) is 11.1 Å². The summed E-state index contributed by atoms with van der Waals surface area (Å²) < 4.78 is 0. The number of hydrogen-bond donors (Lipinski definition) is 1. The topological polar surface area (TPSA) is 69.2 Å². The van der Waals surface area contributed by atoms with E-state index in [1.54, 1.807) is 36.4 Å². The van der Waals surface area contributed by atoms with Crippen molar-refractivity contribution < 1.29 is 14.7 Å². The number of amides is 1. The first kappa shape index (κ1) is 15.5.